The zero-order valence-corrected chi connectivity index (χ0v) is 8.74. The predicted molar refractivity (Wildman–Crippen MR) is 59.5 cm³/mol. The van der Waals surface area contributed by atoms with Crippen LogP contribution in [-0.4, -0.2) is 0 Å². The van der Waals surface area contributed by atoms with Gasteiger partial charge < -0.3 is 0 Å². The highest BCUT2D eigenvalue weighted by Gasteiger charge is 2.36. The highest BCUT2D eigenvalue weighted by molar-refractivity contribution is 6.30. The van der Waals surface area contributed by atoms with Crippen LogP contribution in [0.2, 0.25) is 5.02 Å². The van der Waals surface area contributed by atoms with Crippen LogP contribution in [0.1, 0.15) is 24.3 Å². The summed E-state index contributed by atoms with van der Waals surface area (Å²) < 4.78 is 0. The lowest BCUT2D eigenvalue weighted by Crippen LogP contribution is -2.04. The van der Waals surface area contributed by atoms with E-state index >= 15 is 0 Å². The first-order valence-corrected chi connectivity index (χ1v) is 5.64. The number of benzene rings is 1. The van der Waals surface area contributed by atoms with Gasteiger partial charge in [0.1, 0.15) is 0 Å². The van der Waals surface area contributed by atoms with E-state index in [4.69, 9.17) is 11.6 Å². The van der Waals surface area contributed by atoms with E-state index in [1.165, 1.54) is 18.4 Å². The zero-order chi connectivity index (χ0) is 9.54. The predicted octanol–water partition coefficient (Wildman–Crippen LogP) is 4.02. The molecule has 1 fully saturated rings. The first-order valence-electron chi connectivity index (χ1n) is 5.27. The van der Waals surface area contributed by atoms with Crippen LogP contribution < -0.4 is 0 Å². The maximum absolute atomic E-state index is 6.01. The summed E-state index contributed by atoms with van der Waals surface area (Å²) in [5, 5.41) is 0.870. The average Bonchev–Trinajstić information content (AvgIpc) is 2.78. The van der Waals surface area contributed by atoms with Gasteiger partial charge in [-0.1, -0.05) is 35.9 Å². The lowest BCUT2D eigenvalue weighted by Gasteiger charge is -2.18. The van der Waals surface area contributed by atoms with Crippen molar-refractivity contribution < 1.29 is 0 Å². The van der Waals surface area contributed by atoms with E-state index < -0.39 is 0 Å². The van der Waals surface area contributed by atoms with Crippen LogP contribution in [0, 0.1) is 11.8 Å². The lowest BCUT2D eigenvalue weighted by atomic mass is 9.87. The second-order valence-electron chi connectivity index (χ2n) is 4.44. The molecule has 0 amide bonds. The summed E-state index contributed by atoms with van der Waals surface area (Å²) >= 11 is 6.01. The Bertz CT molecular complexity index is 381. The van der Waals surface area contributed by atoms with Crippen molar-refractivity contribution in [2.45, 2.75) is 18.8 Å². The van der Waals surface area contributed by atoms with Crippen molar-refractivity contribution in [2.75, 3.05) is 0 Å². The molecule has 14 heavy (non-hydrogen) atoms. The molecule has 3 atom stereocenters. The van der Waals surface area contributed by atoms with Crippen LogP contribution >= 0.6 is 11.6 Å². The van der Waals surface area contributed by atoms with Crippen LogP contribution in [0.4, 0.5) is 0 Å². The largest absolute Gasteiger partial charge is 0.0851 e. The number of halogens is 1. The highest BCUT2D eigenvalue weighted by Crippen LogP contribution is 2.48. The minimum atomic E-state index is 0.726. The zero-order valence-electron chi connectivity index (χ0n) is 7.99. The second-order valence-corrected chi connectivity index (χ2v) is 4.88. The normalized spacial score (nSPS) is 33.9. The Morgan fingerprint density at radius 3 is 2.71 bits per heavy atom. The van der Waals surface area contributed by atoms with E-state index in [1.54, 1.807) is 0 Å². The van der Waals surface area contributed by atoms with Gasteiger partial charge in [0.25, 0.3) is 0 Å². The quantitative estimate of drug-likeness (QED) is 0.607. The molecule has 72 valence electrons. The summed E-state index contributed by atoms with van der Waals surface area (Å²) in [6, 6.07) is 8.35. The Kier molecular flexibility index (Phi) is 1.91. The van der Waals surface area contributed by atoms with Crippen LogP contribution in [0.5, 0.6) is 0 Å². The molecule has 0 spiro atoms. The molecule has 1 aromatic rings. The van der Waals surface area contributed by atoms with Crippen LogP contribution in [-0.2, 0) is 0 Å². The third-order valence-electron chi connectivity index (χ3n) is 3.56. The number of hydrogen-bond acceptors (Lipinski definition) is 0. The molecule has 2 aliphatic carbocycles. The van der Waals surface area contributed by atoms with Crippen molar-refractivity contribution in [3.05, 3.63) is 47.0 Å². The molecule has 1 aromatic carbocycles. The number of rotatable bonds is 1. The standard InChI is InChI=1S/C13H13Cl/c14-12-3-1-2-10(8-12)13-7-9-4-5-11(13)6-9/h1-5,8-9,11,13H,6-7H2. The number of fused-ring (bicyclic) bond motifs is 2. The van der Waals surface area contributed by atoms with Gasteiger partial charge in [-0.3, -0.25) is 0 Å². The fraction of sp³-hybridized carbons (Fsp3) is 0.385. The van der Waals surface area contributed by atoms with E-state index in [1.807, 2.05) is 6.07 Å². The first-order chi connectivity index (χ1) is 6.83. The van der Waals surface area contributed by atoms with Crippen molar-refractivity contribution in [3.8, 4) is 0 Å². The number of hydrogen-bond donors (Lipinski definition) is 0. The molecule has 0 saturated heterocycles. The summed E-state index contributed by atoms with van der Waals surface area (Å²) in [5.74, 6) is 2.34. The third kappa shape index (κ3) is 1.29. The van der Waals surface area contributed by atoms with Crippen molar-refractivity contribution in [3.63, 3.8) is 0 Å². The summed E-state index contributed by atoms with van der Waals surface area (Å²) in [6.07, 6.45) is 7.45. The summed E-state index contributed by atoms with van der Waals surface area (Å²) in [7, 11) is 0. The Morgan fingerprint density at radius 2 is 2.07 bits per heavy atom. The Hall–Kier alpha value is -0.750. The highest BCUT2D eigenvalue weighted by atomic mass is 35.5. The van der Waals surface area contributed by atoms with Gasteiger partial charge in [0, 0.05) is 5.02 Å². The minimum absolute atomic E-state index is 0.726. The molecular formula is C13H13Cl. The Morgan fingerprint density at radius 1 is 1.14 bits per heavy atom. The molecule has 1 heteroatoms. The van der Waals surface area contributed by atoms with E-state index in [9.17, 15) is 0 Å². The van der Waals surface area contributed by atoms with Gasteiger partial charge in [0.15, 0.2) is 0 Å². The SMILES string of the molecule is Clc1cccc(C2CC3C=CC2C3)c1. The molecule has 0 radical (unpaired) electrons. The molecule has 3 unspecified atom stereocenters. The average molecular weight is 205 g/mol. The molecular weight excluding hydrogens is 192 g/mol. The van der Waals surface area contributed by atoms with E-state index in [2.05, 4.69) is 30.4 Å². The molecule has 3 rings (SSSR count). The van der Waals surface area contributed by atoms with Gasteiger partial charge in [-0.05, 0) is 48.3 Å². The van der Waals surface area contributed by atoms with Crippen molar-refractivity contribution >= 4 is 11.6 Å². The molecule has 2 aliphatic rings. The molecule has 0 aliphatic heterocycles. The topological polar surface area (TPSA) is 0 Å². The smallest absolute Gasteiger partial charge is 0.0408 e. The van der Waals surface area contributed by atoms with Crippen LogP contribution in [0.3, 0.4) is 0 Å². The third-order valence-corrected chi connectivity index (χ3v) is 3.79. The van der Waals surface area contributed by atoms with Crippen molar-refractivity contribution in [2.24, 2.45) is 11.8 Å². The lowest BCUT2D eigenvalue weighted by molar-refractivity contribution is 0.586. The van der Waals surface area contributed by atoms with E-state index in [0.29, 0.717) is 0 Å². The van der Waals surface area contributed by atoms with Gasteiger partial charge in [0.2, 0.25) is 0 Å². The van der Waals surface area contributed by atoms with Crippen molar-refractivity contribution in [1.82, 2.24) is 0 Å². The maximum atomic E-state index is 6.01. The van der Waals surface area contributed by atoms with Gasteiger partial charge in [-0.15, -0.1) is 0 Å². The van der Waals surface area contributed by atoms with Gasteiger partial charge in [-0.25, -0.2) is 0 Å². The van der Waals surface area contributed by atoms with Crippen LogP contribution in [0.15, 0.2) is 36.4 Å². The monoisotopic (exact) mass is 204 g/mol. The fourth-order valence-electron chi connectivity index (χ4n) is 2.90. The summed E-state index contributed by atoms with van der Waals surface area (Å²) in [4.78, 5) is 0. The van der Waals surface area contributed by atoms with E-state index in [-0.39, 0.29) is 0 Å². The minimum Gasteiger partial charge on any atom is -0.0851 e. The van der Waals surface area contributed by atoms with Crippen LogP contribution in [0.25, 0.3) is 0 Å². The van der Waals surface area contributed by atoms with E-state index in [0.717, 1.165) is 22.8 Å². The van der Waals surface area contributed by atoms with Crippen molar-refractivity contribution in [1.29, 1.82) is 0 Å². The molecule has 0 aromatic heterocycles. The number of allylic oxidation sites excluding steroid dienone is 2. The molecule has 2 bridgehead atoms. The Balaban J connectivity index is 1.93. The Labute approximate surface area is 89.6 Å². The van der Waals surface area contributed by atoms with Gasteiger partial charge in [-0.2, -0.15) is 0 Å². The molecule has 0 nitrogen and oxygen atoms in total. The van der Waals surface area contributed by atoms with Gasteiger partial charge in [0.05, 0.1) is 0 Å². The maximum Gasteiger partial charge on any atom is 0.0408 e. The molecule has 0 heterocycles. The summed E-state index contributed by atoms with van der Waals surface area (Å²) in [6.45, 7) is 0. The first kappa shape index (κ1) is 8.55. The molecule has 1 saturated carbocycles. The fourth-order valence-corrected chi connectivity index (χ4v) is 3.10. The summed E-state index contributed by atoms with van der Waals surface area (Å²) in [5.41, 5.74) is 1.43. The van der Waals surface area contributed by atoms with Gasteiger partial charge >= 0.3 is 0 Å². The molecule has 0 N–H and O–H groups in total. The second kappa shape index (κ2) is 3.13.